The van der Waals surface area contributed by atoms with Crippen LogP contribution in [0.15, 0.2) is 61.4 Å². The summed E-state index contributed by atoms with van der Waals surface area (Å²) in [6.45, 7) is 9.92. The number of benzene rings is 1. The Kier molecular flexibility index (Phi) is 7.86. The first kappa shape index (κ1) is 24.1. The van der Waals surface area contributed by atoms with Gasteiger partial charge in [0.15, 0.2) is 0 Å². The molecule has 35 heavy (non-hydrogen) atoms. The Balaban J connectivity index is 1.44. The van der Waals surface area contributed by atoms with Crippen molar-refractivity contribution in [1.82, 2.24) is 19.9 Å². The molecule has 4 N–H and O–H groups in total. The van der Waals surface area contributed by atoms with Crippen LogP contribution in [-0.2, 0) is 4.79 Å². The fraction of sp³-hybridized carbons (Fsp3) is 0.280. The molecule has 10 nitrogen and oxygen atoms in total. The molecule has 0 saturated carbocycles. The van der Waals surface area contributed by atoms with Crippen LogP contribution in [-0.4, -0.2) is 70.2 Å². The molecule has 1 amide bonds. The Morgan fingerprint density at radius 2 is 1.91 bits per heavy atom. The Hall–Kier alpha value is -4.02. The minimum Gasteiger partial charge on any atom is -0.395 e. The molecule has 0 atom stereocenters. The summed E-state index contributed by atoms with van der Waals surface area (Å²) in [5, 5.41) is 18.4. The molecule has 182 valence electrons. The average Bonchev–Trinajstić information content (AvgIpc) is 2.87. The van der Waals surface area contributed by atoms with Gasteiger partial charge in [0, 0.05) is 73.8 Å². The Bertz CT molecular complexity index is 1180. The highest BCUT2D eigenvalue weighted by Crippen LogP contribution is 2.24. The molecule has 1 aromatic carbocycles. The molecule has 2 aromatic heterocycles. The minimum absolute atomic E-state index is 0.189. The van der Waals surface area contributed by atoms with Gasteiger partial charge in [-0.2, -0.15) is 4.98 Å². The quantitative estimate of drug-likeness (QED) is 0.347. The summed E-state index contributed by atoms with van der Waals surface area (Å²) in [7, 11) is 0. The summed E-state index contributed by atoms with van der Waals surface area (Å²) in [4.78, 5) is 29.6. The molecule has 1 fully saturated rings. The number of β-amino-alcohol motifs (C(OH)–C–C–N with tert-alkyl or cyclic N) is 1. The van der Waals surface area contributed by atoms with Crippen LogP contribution in [0.25, 0.3) is 0 Å². The van der Waals surface area contributed by atoms with Crippen molar-refractivity contribution in [1.29, 1.82) is 0 Å². The number of pyridine rings is 1. The number of carbonyl (C=O) groups excluding carboxylic acids is 1. The van der Waals surface area contributed by atoms with Crippen LogP contribution >= 0.6 is 0 Å². The van der Waals surface area contributed by atoms with Crippen LogP contribution < -0.4 is 20.9 Å². The van der Waals surface area contributed by atoms with E-state index in [2.05, 4.69) is 47.3 Å². The first-order chi connectivity index (χ1) is 17.0. The van der Waals surface area contributed by atoms with Crippen molar-refractivity contribution in [3.63, 3.8) is 0 Å². The summed E-state index contributed by atoms with van der Waals surface area (Å²) in [5.74, 6) is 1.45. The summed E-state index contributed by atoms with van der Waals surface area (Å²) in [6, 6.07) is 11.3. The highest BCUT2D eigenvalue weighted by molar-refractivity contribution is 5.99. The van der Waals surface area contributed by atoms with E-state index in [9.17, 15) is 4.79 Å². The lowest BCUT2D eigenvalue weighted by molar-refractivity contribution is -0.111. The second-order valence-corrected chi connectivity index (χ2v) is 8.20. The fourth-order valence-electron chi connectivity index (χ4n) is 3.80. The molecule has 1 aliphatic rings. The van der Waals surface area contributed by atoms with Gasteiger partial charge in [-0.1, -0.05) is 12.6 Å². The van der Waals surface area contributed by atoms with Crippen LogP contribution in [0.4, 0.5) is 34.6 Å². The summed E-state index contributed by atoms with van der Waals surface area (Å²) >= 11 is 0. The molecular formula is C25H30N8O2. The zero-order chi connectivity index (χ0) is 24.6. The van der Waals surface area contributed by atoms with E-state index in [-0.39, 0.29) is 12.5 Å². The molecule has 0 radical (unpaired) electrons. The molecule has 4 rings (SSSR count). The largest absolute Gasteiger partial charge is 0.395 e. The number of amides is 1. The van der Waals surface area contributed by atoms with Gasteiger partial charge < -0.3 is 26.0 Å². The van der Waals surface area contributed by atoms with Gasteiger partial charge in [0.25, 0.3) is 0 Å². The predicted molar refractivity (Wildman–Crippen MR) is 139 cm³/mol. The number of nitrogens with zero attached hydrogens (tertiary/aromatic N) is 5. The molecule has 1 saturated heterocycles. The topological polar surface area (TPSA) is 119 Å². The average molecular weight is 475 g/mol. The van der Waals surface area contributed by atoms with Crippen LogP contribution in [0.2, 0.25) is 0 Å². The van der Waals surface area contributed by atoms with E-state index in [0.717, 1.165) is 43.1 Å². The zero-order valence-corrected chi connectivity index (χ0v) is 19.7. The molecule has 0 aliphatic carbocycles. The maximum atomic E-state index is 11.6. The fourth-order valence-corrected chi connectivity index (χ4v) is 3.80. The van der Waals surface area contributed by atoms with E-state index in [1.165, 1.54) is 6.08 Å². The van der Waals surface area contributed by atoms with Crippen molar-refractivity contribution < 1.29 is 9.90 Å². The van der Waals surface area contributed by atoms with E-state index in [1.54, 1.807) is 18.5 Å². The van der Waals surface area contributed by atoms with Crippen LogP contribution in [0.3, 0.4) is 0 Å². The number of aryl methyl sites for hydroxylation is 1. The first-order valence-corrected chi connectivity index (χ1v) is 11.5. The van der Waals surface area contributed by atoms with Crippen molar-refractivity contribution in [3.05, 3.63) is 67.0 Å². The SMILES string of the molecule is C=CC(=O)Nc1cccc(Nc2nc(Nc3cc(N4CCN(CCO)CC4)ccn3)ncc2C)c1. The van der Waals surface area contributed by atoms with Gasteiger partial charge in [0.2, 0.25) is 11.9 Å². The molecular weight excluding hydrogens is 444 g/mol. The number of aliphatic hydroxyl groups is 1. The van der Waals surface area contributed by atoms with Crippen molar-refractivity contribution in [2.75, 3.05) is 60.2 Å². The second kappa shape index (κ2) is 11.4. The van der Waals surface area contributed by atoms with Gasteiger partial charge in [-0.25, -0.2) is 9.97 Å². The van der Waals surface area contributed by atoms with Crippen molar-refractivity contribution >= 4 is 40.6 Å². The second-order valence-electron chi connectivity index (χ2n) is 8.20. The molecule has 3 aromatic rings. The number of hydrogen-bond acceptors (Lipinski definition) is 9. The predicted octanol–water partition coefficient (Wildman–Crippen LogP) is 2.91. The maximum absolute atomic E-state index is 11.6. The summed E-state index contributed by atoms with van der Waals surface area (Å²) in [5.41, 5.74) is 3.39. The molecule has 0 spiro atoms. The zero-order valence-electron chi connectivity index (χ0n) is 19.7. The summed E-state index contributed by atoms with van der Waals surface area (Å²) in [6.07, 6.45) is 4.74. The normalized spacial score (nSPS) is 13.8. The Labute approximate surface area is 204 Å². The number of nitrogens with one attached hydrogen (secondary N) is 3. The number of aliphatic hydroxyl groups excluding tert-OH is 1. The minimum atomic E-state index is -0.270. The highest BCUT2D eigenvalue weighted by Gasteiger charge is 2.17. The standard InChI is InChI=1S/C25H30N8O2/c1-3-23(35)28-19-5-4-6-20(15-19)29-24-18(2)17-27-25(31-24)30-22-16-21(7-8-26-22)33-11-9-32(10-12-33)13-14-34/h3-8,15-17,34H,1,9-14H2,2H3,(H,28,35)(H2,26,27,29,30,31). The van der Waals surface area contributed by atoms with E-state index in [1.807, 2.05) is 37.3 Å². The smallest absolute Gasteiger partial charge is 0.247 e. The van der Waals surface area contributed by atoms with Crippen LogP contribution in [0.1, 0.15) is 5.56 Å². The number of anilines is 6. The molecule has 3 heterocycles. The van der Waals surface area contributed by atoms with Gasteiger partial charge in [0.05, 0.1) is 6.61 Å². The highest BCUT2D eigenvalue weighted by atomic mass is 16.3. The monoisotopic (exact) mass is 474 g/mol. The molecule has 10 heteroatoms. The summed E-state index contributed by atoms with van der Waals surface area (Å²) < 4.78 is 0. The number of carbonyl (C=O) groups is 1. The maximum Gasteiger partial charge on any atom is 0.247 e. The Morgan fingerprint density at radius 1 is 1.11 bits per heavy atom. The van der Waals surface area contributed by atoms with Crippen LogP contribution in [0, 0.1) is 6.92 Å². The van der Waals surface area contributed by atoms with Gasteiger partial charge in [0.1, 0.15) is 11.6 Å². The molecule has 0 bridgehead atoms. The van der Waals surface area contributed by atoms with E-state index in [0.29, 0.717) is 29.8 Å². The lowest BCUT2D eigenvalue weighted by Gasteiger charge is -2.35. The third-order valence-corrected chi connectivity index (χ3v) is 5.69. The van der Waals surface area contributed by atoms with Crippen molar-refractivity contribution in [2.45, 2.75) is 6.92 Å². The lowest BCUT2D eigenvalue weighted by Crippen LogP contribution is -2.47. The van der Waals surface area contributed by atoms with Gasteiger partial charge in [-0.3, -0.25) is 9.69 Å². The lowest BCUT2D eigenvalue weighted by atomic mass is 10.2. The van der Waals surface area contributed by atoms with Gasteiger partial charge in [-0.05, 0) is 37.3 Å². The number of rotatable bonds is 9. The molecule has 1 aliphatic heterocycles. The Morgan fingerprint density at radius 3 is 2.69 bits per heavy atom. The van der Waals surface area contributed by atoms with E-state index >= 15 is 0 Å². The molecule has 0 unspecified atom stereocenters. The third-order valence-electron chi connectivity index (χ3n) is 5.69. The van der Waals surface area contributed by atoms with E-state index in [4.69, 9.17) is 5.11 Å². The van der Waals surface area contributed by atoms with Crippen LogP contribution in [0.5, 0.6) is 0 Å². The van der Waals surface area contributed by atoms with Gasteiger partial charge in [-0.15, -0.1) is 0 Å². The number of piperazine rings is 1. The number of aromatic nitrogens is 3. The van der Waals surface area contributed by atoms with E-state index < -0.39 is 0 Å². The first-order valence-electron chi connectivity index (χ1n) is 11.5. The third kappa shape index (κ3) is 6.52. The van der Waals surface area contributed by atoms with Crippen molar-refractivity contribution in [2.24, 2.45) is 0 Å². The van der Waals surface area contributed by atoms with Gasteiger partial charge >= 0.3 is 0 Å². The number of hydrogen-bond donors (Lipinski definition) is 4. The van der Waals surface area contributed by atoms with Crippen molar-refractivity contribution in [3.8, 4) is 0 Å².